The number of carbonyl (C=O) groups is 1. The van der Waals surface area contributed by atoms with Crippen LogP contribution in [0.4, 0.5) is 0 Å². The van der Waals surface area contributed by atoms with Crippen molar-refractivity contribution < 1.29 is 9.53 Å². The molecule has 0 saturated carbocycles. The molecule has 0 fully saturated rings. The second-order valence-electron chi connectivity index (χ2n) is 4.04. The van der Waals surface area contributed by atoms with Gasteiger partial charge in [-0.3, -0.25) is 4.79 Å². The number of halogens is 1. The largest absolute Gasteiger partial charge is 0.481 e. The van der Waals surface area contributed by atoms with E-state index in [2.05, 4.69) is 13.2 Å². The normalized spacial score (nSPS) is 11.5. The van der Waals surface area contributed by atoms with Crippen LogP contribution in [0.3, 0.4) is 0 Å². The zero-order valence-electron chi connectivity index (χ0n) is 11.0. The average molecular weight is 280 g/mol. The summed E-state index contributed by atoms with van der Waals surface area (Å²) in [7, 11) is 0. The second-order valence-corrected chi connectivity index (χ2v) is 4.47. The fourth-order valence-electron chi connectivity index (χ4n) is 1.62. The second kappa shape index (κ2) is 7.64. The van der Waals surface area contributed by atoms with Crippen molar-refractivity contribution in [2.45, 2.75) is 13.0 Å². The molecule has 4 heteroatoms. The van der Waals surface area contributed by atoms with Crippen molar-refractivity contribution in [3.8, 4) is 5.75 Å². The van der Waals surface area contributed by atoms with Gasteiger partial charge in [-0.05, 0) is 25.1 Å². The van der Waals surface area contributed by atoms with E-state index in [-0.39, 0.29) is 5.91 Å². The fraction of sp³-hybridized carbons (Fsp3) is 0.267. The predicted molar refractivity (Wildman–Crippen MR) is 78.5 cm³/mol. The quantitative estimate of drug-likeness (QED) is 0.717. The van der Waals surface area contributed by atoms with Crippen LogP contribution in [0.1, 0.15) is 6.92 Å². The Labute approximate surface area is 119 Å². The Bertz CT molecular complexity index is 449. The van der Waals surface area contributed by atoms with Gasteiger partial charge in [0.05, 0.1) is 0 Å². The lowest BCUT2D eigenvalue weighted by atomic mass is 10.3. The van der Waals surface area contributed by atoms with Gasteiger partial charge in [0, 0.05) is 18.1 Å². The highest BCUT2D eigenvalue weighted by Gasteiger charge is 2.20. The molecule has 0 aliphatic carbocycles. The lowest BCUT2D eigenvalue weighted by molar-refractivity contribution is -0.136. The van der Waals surface area contributed by atoms with Crippen LogP contribution in [0.25, 0.3) is 0 Å². The summed E-state index contributed by atoms with van der Waals surface area (Å²) in [6.45, 7) is 9.91. The van der Waals surface area contributed by atoms with Crippen LogP contribution >= 0.6 is 11.6 Å². The number of carbonyl (C=O) groups excluding carboxylic acids is 1. The first-order chi connectivity index (χ1) is 9.08. The Morgan fingerprint density at radius 3 is 2.58 bits per heavy atom. The van der Waals surface area contributed by atoms with Gasteiger partial charge in [0.1, 0.15) is 5.75 Å². The lowest BCUT2D eigenvalue weighted by Crippen LogP contribution is -2.40. The molecule has 1 rings (SSSR count). The van der Waals surface area contributed by atoms with Crippen LogP contribution in [-0.4, -0.2) is 30.0 Å². The van der Waals surface area contributed by atoms with E-state index in [1.807, 2.05) is 0 Å². The summed E-state index contributed by atoms with van der Waals surface area (Å²) in [5.74, 6) is 0.463. The molecule has 0 unspecified atom stereocenters. The van der Waals surface area contributed by atoms with E-state index in [9.17, 15) is 4.79 Å². The number of hydrogen-bond acceptors (Lipinski definition) is 2. The molecule has 1 amide bonds. The summed E-state index contributed by atoms with van der Waals surface area (Å²) < 4.78 is 5.59. The average Bonchev–Trinajstić information content (AvgIpc) is 2.37. The highest BCUT2D eigenvalue weighted by Crippen LogP contribution is 2.18. The number of nitrogens with zero attached hydrogens (tertiary/aromatic N) is 1. The van der Waals surface area contributed by atoms with Crippen LogP contribution in [0.2, 0.25) is 5.02 Å². The number of ether oxygens (including phenoxy) is 1. The molecule has 0 spiro atoms. The van der Waals surface area contributed by atoms with Gasteiger partial charge in [-0.2, -0.15) is 0 Å². The molecule has 102 valence electrons. The maximum Gasteiger partial charge on any atom is 0.263 e. The topological polar surface area (TPSA) is 29.5 Å². The molecule has 3 nitrogen and oxygen atoms in total. The summed E-state index contributed by atoms with van der Waals surface area (Å²) in [6.07, 6.45) is 2.76. The third kappa shape index (κ3) is 4.79. The SMILES string of the molecule is C=CCN(CC=C)C(=O)[C@H](C)Oc1cccc(Cl)c1. The van der Waals surface area contributed by atoms with Gasteiger partial charge in [-0.1, -0.05) is 29.8 Å². The summed E-state index contributed by atoms with van der Waals surface area (Å²) in [6, 6.07) is 6.97. The monoisotopic (exact) mass is 279 g/mol. The minimum absolute atomic E-state index is 0.111. The molecule has 0 heterocycles. The van der Waals surface area contributed by atoms with Gasteiger partial charge >= 0.3 is 0 Å². The molecule has 0 bridgehead atoms. The summed E-state index contributed by atoms with van der Waals surface area (Å²) in [4.78, 5) is 13.8. The van der Waals surface area contributed by atoms with E-state index >= 15 is 0 Å². The Hall–Kier alpha value is -1.74. The maximum atomic E-state index is 12.2. The molecule has 1 aromatic rings. The Balaban J connectivity index is 2.69. The highest BCUT2D eigenvalue weighted by molar-refractivity contribution is 6.30. The summed E-state index contributed by atoms with van der Waals surface area (Å²) in [5.41, 5.74) is 0. The molecule has 0 aliphatic rings. The van der Waals surface area contributed by atoms with Gasteiger partial charge in [0.2, 0.25) is 0 Å². The molecule has 0 aromatic heterocycles. The van der Waals surface area contributed by atoms with Gasteiger partial charge < -0.3 is 9.64 Å². The third-order valence-electron chi connectivity index (χ3n) is 2.47. The van der Waals surface area contributed by atoms with Gasteiger partial charge in [0.15, 0.2) is 6.10 Å². The Morgan fingerprint density at radius 1 is 1.42 bits per heavy atom. The number of hydrogen-bond donors (Lipinski definition) is 0. The molecule has 1 atom stereocenters. The third-order valence-corrected chi connectivity index (χ3v) is 2.70. The summed E-state index contributed by atoms with van der Waals surface area (Å²) in [5, 5.41) is 0.575. The van der Waals surface area contributed by atoms with E-state index in [0.29, 0.717) is 23.9 Å². The van der Waals surface area contributed by atoms with E-state index in [0.717, 1.165) is 0 Å². The smallest absolute Gasteiger partial charge is 0.263 e. The van der Waals surface area contributed by atoms with Crippen molar-refractivity contribution in [2.75, 3.05) is 13.1 Å². The predicted octanol–water partition coefficient (Wildman–Crippen LogP) is 3.31. The van der Waals surface area contributed by atoms with E-state index < -0.39 is 6.10 Å². The Kier molecular flexibility index (Phi) is 6.16. The van der Waals surface area contributed by atoms with Crippen molar-refractivity contribution in [1.29, 1.82) is 0 Å². The molecule has 1 aromatic carbocycles. The molecule has 0 radical (unpaired) electrons. The van der Waals surface area contributed by atoms with Gasteiger partial charge in [-0.15, -0.1) is 13.2 Å². The standard InChI is InChI=1S/C15H18ClNO2/c1-4-9-17(10-5-2)15(18)12(3)19-14-8-6-7-13(16)11-14/h4-8,11-12H,1-2,9-10H2,3H3/t12-/m0/s1. The van der Waals surface area contributed by atoms with E-state index in [4.69, 9.17) is 16.3 Å². The van der Waals surface area contributed by atoms with Crippen LogP contribution in [0.15, 0.2) is 49.6 Å². The molecule has 0 N–H and O–H groups in total. The van der Waals surface area contributed by atoms with Crippen molar-refractivity contribution >= 4 is 17.5 Å². The van der Waals surface area contributed by atoms with Crippen molar-refractivity contribution in [2.24, 2.45) is 0 Å². The first-order valence-electron chi connectivity index (χ1n) is 6.01. The number of rotatable bonds is 7. The first-order valence-corrected chi connectivity index (χ1v) is 6.39. The minimum atomic E-state index is -0.585. The highest BCUT2D eigenvalue weighted by atomic mass is 35.5. The lowest BCUT2D eigenvalue weighted by Gasteiger charge is -2.23. The summed E-state index contributed by atoms with van der Waals surface area (Å²) >= 11 is 5.87. The number of amides is 1. The van der Waals surface area contributed by atoms with Gasteiger partial charge in [0.25, 0.3) is 5.91 Å². The van der Waals surface area contributed by atoms with Crippen molar-refractivity contribution in [1.82, 2.24) is 4.90 Å². The zero-order chi connectivity index (χ0) is 14.3. The van der Waals surface area contributed by atoms with Crippen molar-refractivity contribution in [3.05, 3.63) is 54.6 Å². The molecule has 0 aliphatic heterocycles. The first kappa shape index (κ1) is 15.3. The van der Waals surface area contributed by atoms with Crippen LogP contribution in [-0.2, 0) is 4.79 Å². The maximum absolute atomic E-state index is 12.2. The van der Waals surface area contributed by atoms with E-state index in [1.54, 1.807) is 48.2 Å². The zero-order valence-corrected chi connectivity index (χ0v) is 11.8. The van der Waals surface area contributed by atoms with Crippen LogP contribution < -0.4 is 4.74 Å². The number of benzene rings is 1. The fourth-order valence-corrected chi connectivity index (χ4v) is 1.80. The Morgan fingerprint density at radius 2 is 2.05 bits per heavy atom. The van der Waals surface area contributed by atoms with Crippen molar-refractivity contribution in [3.63, 3.8) is 0 Å². The molecular formula is C15H18ClNO2. The van der Waals surface area contributed by atoms with Gasteiger partial charge in [-0.25, -0.2) is 0 Å². The molecule has 0 saturated heterocycles. The molecule has 19 heavy (non-hydrogen) atoms. The van der Waals surface area contributed by atoms with Crippen LogP contribution in [0, 0.1) is 0 Å². The molecular weight excluding hydrogens is 262 g/mol. The minimum Gasteiger partial charge on any atom is -0.481 e. The van der Waals surface area contributed by atoms with E-state index in [1.165, 1.54) is 0 Å². The van der Waals surface area contributed by atoms with Crippen LogP contribution in [0.5, 0.6) is 5.75 Å².